The number of alkyl halides is 1. The SMILES string of the molecule is Cn1ncc(CC(=O)c2csc(-c3cn4ccncc4n3)n2)c1[C@@H]1CC[C@@H](N)[C@H](F)CO1. The lowest BCUT2D eigenvalue weighted by atomic mass is 10.0. The Morgan fingerprint density at radius 3 is 3.06 bits per heavy atom. The van der Waals surface area contributed by atoms with Crippen LogP contribution in [-0.2, 0) is 18.2 Å². The molecule has 0 bridgehead atoms. The molecule has 11 heteroatoms. The summed E-state index contributed by atoms with van der Waals surface area (Å²) in [6, 6.07) is -0.540. The Hall–Kier alpha value is -3.02. The molecule has 1 aliphatic rings. The van der Waals surface area contributed by atoms with Gasteiger partial charge in [-0.3, -0.25) is 14.5 Å². The molecule has 0 spiro atoms. The van der Waals surface area contributed by atoms with E-state index in [-0.39, 0.29) is 24.9 Å². The number of rotatable bonds is 5. The molecule has 0 aromatic carbocycles. The van der Waals surface area contributed by atoms with E-state index in [4.69, 9.17) is 10.5 Å². The molecular formula is C21H22FN7O2S. The molecule has 1 fully saturated rings. The van der Waals surface area contributed by atoms with E-state index >= 15 is 0 Å². The lowest BCUT2D eigenvalue weighted by Crippen LogP contribution is -2.32. The number of thiazole rings is 1. The molecule has 0 radical (unpaired) electrons. The first kappa shape index (κ1) is 20.9. The first-order chi connectivity index (χ1) is 15.5. The molecule has 0 unspecified atom stereocenters. The largest absolute Gasteiger partial charge is 0.369 e. The molecule has 1 aliphatic heterocycles. The minimum atomic E-state index is -1.19. The van der Waals surface area contributed by atoms with Gasteiger partial charge in [0.05, 0.1) is 30.8 Å². The van der Waals surface area contributed by atoms with E-state index in [9.17, 15) is 9.18 Å². The summed E-state index contributed by atoms with van der Waals surface area (Å²) in [6.07, 6.45) is 8.35. The maximum Gasteiger partial charge on any atom is 0.186 e. The summed E-state index contributed by atoms with van der Waals surface area (Å²) in [4.78, 5) is 26.1. The standard InChI is InChI=1S/C21H22FN7O2S/c1-28-20(18-3-2-14(23)13(22)10-31-18)12(7-25-28)6-17(30)16-11-32-21(27-16)15-9-29-5-4-24-8-19(29)26-15/h4-5,7-9,11,13-14,18H,2-3,6,10,23H2,1H3/t13-,14-,18+/m1/s1. The zero-order valence-electron chi connectivity index (χ0n) is 17.4. The predicted octanol–water partition coefficient (Wildman–Crippen LogP) is 2.53. The molecule has 32 heavy (non-hydrogen) atoms. The lowest BCUT2D eigenvalue weighted by Gasteiger charge is -2.17. The molecule has 0 saturated carbocycles. The minimum absolute atomic E-state index is 0.0611. The van der Waals surface area contributed by atoms with Crippen molar-refractivity contribution in [1.82, 2.24) is 29.1 Å². The smallest absolute Gasteiger partial charge is 0.186 e. The second-order valence-corrected chi connectivity index (χ2v) is 8.72. The average molecular weight is 456 g/mol. The summed E-state index contributed by atoms with van der Waals surface area (Å²) in [7, 11) is 1.80. The molecule has 1 saturated heterocycles. The monoisotopic (exact) mass is 455 g/mol. The zero-order valence-corrected chi connectivity index (χ0v) is 18.2. The van der Waals surface area contributed by atoms with Gasteiger partial charge in [-0.25, -0.2) is 14.4 Å². The van der Waals surface area contributed by atoms with Crippen LogP contribution in [0.3, 0.4) is 0 Å². The van der Waals surface area contributed by atoms with Crippen LogP contribution < -0.4 is 5.73 Å². The number of nitrogens with zero attached hydrogens (tertiary/aromatic N) is 6. The molecule has 4 aromatic rings. The Morgan fingerprint density at radius 2 is 2.22 bits per heavy atom. The minimum Gasteiger partial charge on any atom is -0.369 e. The molecule has 2 N–H and O–H groups in total. The second kappa shape index (κ2) is 8.49. The summed E-state index contributed by atoms with van der Waals surface area (Å²) < 4.78 is 23.3. The maximum atomic E-state index is 14.0. The summed E-state index contributed by atoms with van der Waals surface area (Å²) in [5, 5.41) is 6.71. The van der Waals surface area contributed by atoms with Gasteiger partial charge in [0.1, 0.15) is 22.6 Å². The van der Waals surface area contributed by atoms with E-state index in [1.165, 1.54) is 11.3 Å². The van der Waals surface area contributed by atoms with Gasteiger partial charge in [-0.05, 0) is 12.8 Å². The highest BCUT2D eigenvalue weighted by atomic mass is 32.1. The van der Waals surface area contributed by atoms with Crippen LogP contribution in [0, 0.1) is 0 Å². The number of Topliss-reactive ketones (excluding diaryl/α,β-unsaturated/α-hetero) is 1. The van der Waals surface area contributed by atoms with Crippen LogP contribution >= 0.6 is 11.3 Å². The summed E-state index contributed by atoms with van der Waals surface area (Å²) in [5.41, 5.74) is 9.16. The van der Waals surface area contributed by atoms with Crippen molar-refractivity contribution < 1.29 is 13.9 Å². The summed E-state index contributed by atoms with van der Waals surface area (Å²) in [5.74, 6) is -0.124. The van der Waals surface area contributed by atoms with Crippen molar-refractivity contribution in [3.63, 3.8) is 0 Å². The Bertz CT molecular complexity index is 1220. The molecule has 4 aromatic heterocycles. The van der Waals surface area contributed by atoms with E-state index < -0.39 is 12.2 Å². The van der Waals surface area contributed by atoms with Crippen LogP contribution in [0.4, 0.5) is 4.39 Å². The van der Waals surface area contributed by atoms with E-state index in [0.29, 0.717) is 34.9 Å². The van der Waals surface area contributed by atoms with Crippen molar-refractivity contribution in [3.8, 4) is 10.7 Å². The fourth-order valence-corrected chi connectivity index (χ4v) is 4.71. The Kier molecular flexibility index (Phi) is 5.53. The van der Waals surface area contributed by atoms with Gasteiger partial charge < -0.3 is 14.9 Å². The molecule has 5 heterocycles. The summed E-state index contributed by atoms with van der Waals surface area (Å²) in [6.45, 7) is -0.0611. The highest BCUT2D eigenvalue weighted by Crippen LogP contribution is 2.31. The van der Waals surface area contributed by atoms with Crippen LogP contribution in [0.5, 0.6) is 0 Å². The van der Waals surface area contributed by atoms with E-state index in [2.05, 4.69) is 20.1 Å². The van der Waals surface area contributed by atoms with Crippen molar-refractivity contribution in [1.29, 1.82) is 0 Å². The quantitative estimate of drug-likeness (QED) is 0.460. The number of ether oxygens (including phenoxy) is 1. The van der Waals surface area contributed by atoms with Crippen LogP contribution in [-0.4, -0.2) is 53.7 Å². The average Bonchev–Trinajstić information content (AvgIpc) is 3.49. The molecule has 0 amide bonds. The van der Waals surface area contributed by atoms with Crippen LogP contribution in [0.2, 0.25) is 0 Å². The summed E-state index contributed by atoms with van der Waals surface area (Å²) >= 11 is 1.37. The zero-order chi connectivity index (χ0) is 22.2. The second-order valence-electron chi connectivity index (χ2n) is 7.86. The molecular weight excluding hydrogens is 433 g/mol. The van der Waals surface area contributed by atoms with Crippen molar-refractivity contribution in [2.24, 2.45) is 12.8 Å². The number of hydrogen-bond acceptors (Lipinski definition) is 8. The number of carbonyl (C=O) groups excluding carboxylic acids is 1. The van der Waals surface area contributed by atoms with Gasteiger partial charge in [0.25, 0.3) is 0 Å². The fraction of sp³-hybridized carbons (Fsp3) is 0.381. The number of aryl methyl sites for hydroxylation is 1. The number of nitrogens with two attached hydrogens (primary N) is 1. The molecule has 166 valence electrons. The number of aromatic nitrogens is 6. The van der Waals surface area contributed by atoms with E-state index in [1.807, 2.05) is 16.8 Å². The molecule has 5 rings (SSSR count). The predicted molar refractivity (Wildman–Crippen MR) is 116 cm³/mol. The van der Waals surface area contributed by atoms with Crippen molar-refractivity contribution >= 4 is 22.8 Å². The van der Waals surface area contributed by atoms with Gasteiger partial charge in [0, 0.05) is 49.0 Å². The molecule has 0 aliphatic carbocycles. The lowest BCUT2D eigenvalue weighted by molar-refractivity contribution is 0.0238. The first-order valence-electron chi connectivity index (χ1n) is 10.3. The number of fused-ring (bicyclic) bond motifs is 1. The van der Waals surface area contributed by atoms with Gasteiger partial charge >= 0.3 is 0 Å². The number of ketones is 1. The number of carbonyl (C=O) groups is 1. The third kappa shape index (κ3) is 3.94. The van der Waals surface area contributed by atoms with Crippen molar-refractivity contribution in [2.45, 2.75) is 37.6 Å². The Balaban J connectivity index is 1.35. The van der Waals surface area contributed by atoms with E-state index in [1.54, 1.807) is 35.7 Å². The molecule has 9 nitrogen and oxygen atoms in total. The maximum absolute atomic E-state index is 14.0. The van der Waals surface area contributed by atoms with Crippen LogP contribution in [0.1, 0.15) is 40.7 Å². The van der Waals surface area contributed by atoms with E-state index in [0.717, 1.165) is 11.3 Å². The number of hydrogen-bond donors (Lipinski definition) is 1. The van der Waals surface area contributed by atoms with Gasteiger partial charge in [-0.1, -0.05) is 0 Å². The van der Waals surface area contributed by atoms with Crippen LogP contribution in [0.25, 0.3) is 16.3 Å². The Morgan fingerprint density at radius 1 is 1.34 bits per heavy atom. The van der Waals surface area contributed by atoms with Crippen molar-refractivity contribution in [2.75, 3.05) is 6.61 Å². The van der Waals surface area contributed by atoms with Gasteiger partial charge in [-0.2, -0.15) is 5.10 Å². The topological polar surface area (TPSA) is 113 Å². The first-order valence-corrected chi connectivity index (χ1v) is 11.2. The van der Waals surface area contributed by atoms with Crippen LogP contribution in [0.15, 0.2) is 36.4 Å². The number of imidazole rings is 1. The molecule has 3 atom stereocenters. The third-order valence-corrected chi connectivity index (χ3v) is 6.54. The third-order valence-electron chi connectivity index (χ3n) is 5.68. The fourth-order valence-electron chi connectivity index (χ4n) is 3.93. The Labute approximate surface area is 187 Å². The van der Waals surface area contributed by atoms with Gasteiger partial charge in [0.2, 0.25) is 0 Å². The van der Waals surface area contributed by atoms with Gasteiger partial charge in [0.15, 0.2) is 11.4 Å². The van der Waals surface area contributed by atoms with Gasteiger partial charge in [-0.15, -0.1) is 11.3 Å². The normalized spacial score (nSPS) is 21.7. The highest BCUT2D eigenvalue weighted by Gasteiger charge is 2.30. The number of halogens is 1. The van der Waals surface area contributed by atoms with Crippen molar-refractivity contribution in [3.05, 3.63) is 53.3 Å². The highest BCUT2D eigenvalue weighted by molar-refractivity contribution is 7.13.